The number of carbonyl (C=O) groups excluding carboxylic acids is 1. The monoisotopic (exact) mass is 395 g/mol. The van der Waals surface area contributed by atoms with Gasteiger partial charge in [-0.25, -0.2) is 8.78 Å². The van der Waals surface area contributed by atoms with Crippen molar-refractivity contribution in [1.29, 1.82) is 0 Å². The van der Waals surface area contributed by atoms with Gasteiger partial charge in [0, 0.05) is 12.6 Å². The van der Waals surface area contributed by atoms with Crippen molar-refractivity contribution in [2.75, 3.05) is 5.32 Å². The Kier molecular flexibility index (Phi) is 4.75. The minimum Gasteiger partial charge on any atom is -0.316 e. The first-order valence-electron chi connectivity index (χ1n) is 8.48. The van der Waals surface area contributed by atoms with Crippen LogP contribution in [0, 0.1) is 11.6 Å². The normalized spacial score (nSPS) is 10.8. The Morgan fingerprint density at radius 3 is 2.43 bits per heavy atom. The molecule has 0 radical (unpaired) electrons. The van der Waals surface area contributed by atoms with Gasteiger partial charge in [0.15, 0.2) is 0 Å². The molecule has 2 heterocycles. The summed E-state index contributed by atoms with van der Waals surface area (Å²) < 4.78 is 29.2. The Hall–Kier alpha value is -3.32. The molecule has 4 rings (SSSR count). The molecule has 0 spiro atoms. The lowest BCUT2D eigenvalue weighted by atomic mass is 10.1. The summed E-state index contributed by atoms with van der Waals surface area (Å²) in [6.45, 7) is 0. The number of halogens is 2. The average Bonchev–Trinajstić information content (AvgIpc) is 3.32. The van der Waals surface area contributed by atoms with Gasteiger partial charge in [-0.3, -0.25) is 9.48 Å². The molecule has 0 saturated heterocycles. The number of carbonyl (C=O) groups is 1. The maximum atomic E-state index is 13.8. The standard InChI is InChI=1S/C21H15F2N3OS/c1-26-17(12-16(25-26)13-6-3-2-4-7-13)18-10-11-19(28-18)21(27)24-20-14(22)8-5-9-15(20)23/h2-12H,1H3,(H,24,27). The average molecular weight is 395 g/mol. The summed E-state index contributed by atoms with van der Waals surface area (Å²) in [7, 11) is 1.83. The van der Waals surface area contributed by atoms with Crippen LogP contribution in [0.1, 0.15) is 9.67 Å². The number of thiophene rings is 1. The van der Waals surface area contributed by atoms with Gasteiger partial charge in [0.25, 0.3) is 5.91 Å². The van der Waals surface area contributed by atoms with E-state index < -0.39 is 23.2 Å². The highest BCUT2D eigenvalue weighted by Gasteiger charge is 2.17. The van der Waals surface area contributed by atoms with Crippen LogP contribution in [-0.2, 0) is 7.05 Å². The fourth-order valence-electron chi connectivity index (χ4n) is 2.84. The molecular weight excluding hydrogens is 380 g/mol. The number of aromatic nitrogens is 2. The third-order valence-corrected chi connectivity index (χ3v) is 5.34. The van der Waals surface area contributed by atoms with Crippen LogP contribution >= 0.6 is 11.3 Å². The van der Waals surface area contributed by atoms with Crippen LogP contribution < -0.4 is 5.32 Å². The van der Waals surface area contributed by atoms with E-state index in [9.17, 15) is 13.6 Å². The van der Waals surface area contributed by atoms with Gasteiger partial charge in [-0.2, -0.15) is 5.10 Å². The molecule has 1 amide bonds. The third kappa shape index (κ3) is 3.44. The highest BCUT2D eigenvalue weighted by molar-refractivity contribution is 7.17. The van der Waals surface area contributed by atoms with Crippen molar-refractivity contribution in [1.82, 2.24) is 9.78 Å². The van der Waals surface area contributed by atoms with Gasteiger partial charge >= 0.3 is 0 Å². The number of hydrogen-bond donors (Lipinski definition) is 1. The van der Waals surface area contributed by atoms with Crippen LogP contribution in [0.4, 0.5) is 14.5 Å². The van der Waals surface area contributed by atoms with E-state index >= 15 is 0 Å². The summed E-state index contributed by atoms with van der Waals surface area (Å²) in [4.78, 5) is 13.6. The molecule has 0 fully saturated rings. The van der Waals surface area contributed by atoms with E-state index in [1.807, 2.05) is 43.4 Å². The summed E-state index contributed by atoms with van der Waals surface area (Å²) in [5.74, 6) is -2.20. The molecule has 0 saturated carbocycles. The highest BCUT2D eigenvalue weighted by Crippen LogP contribution is 2.31. The van der Waals surface area contributed by atoms with E-state index in [4.69, 9.17) is 0 Å². The third-order valence-electron chi connectivity index (χ3n) is 4.23. The quantitative estimate of drug-likeness (QED) is 0.507. The summed E-state index contributed by atoms with van der Waals surface area (Å²) in [6, 6.07) is 18.6. The summed E-state index contributed by atoms with van der Waals surface area (Å²) >= 11 is 1.23. The van der Waals surface area contributed by atoms with Crippen molar-refractivity contribution in [3.63, 3.8) is 0 Å². The maximum Gasteiger partial charge on any atom is 0.265 e. The van der Waals surface area contributed by atoms with Gasteiger partial charge in [0.05, 0.1) is 21.1 Å². The first-order chi connectivity index (χ1) is 13.5. The SMILES string of the molecule is Cn1nc(-c2ccccc2)cc1-c1ccc(C(=O)Nc2c(F)cccc2F)s1. The molecular formula is C21H15F2N3OS. The largest absolute Gasteiger partial charge is 0.316 e. The predicted molar refractivity (Wildman–Crippen MR) is 106 cm³/mol. The zero-order valence-electron chi connectivity index (χ0n) is 14.8. The van der Waals surface area contributed by atoms with Crippen molar-refractivity contribution >= 4 is 22.9 Å². The Morgan fingerprint density at radius 1 is 1.00 bits per heavy atom. The molecule has 4 nitrogen and oxygen atoms in total. The number of rotatable bonds is 4. The first-order valence-corrected chi connectivity index (χ1v) is 9.29. The number of hydrogen-bond acceptors (Lipinski definition) is 3. The summed E-state index contributed by atoms with van der Waals surface area (Å²) in [5, 5.41) is 6.83. The molecule has 0 bridgehead atoms. The second kappa shape index (κ2) is 7.36. The number of anilines is 1. The van der Waals surface area contributed by atoms with Gasteiger partial charge in [-0.15, -0.1) is 11.3 Å². The van der Waals surface area contributed by atoms with Crippen LogP contribution in [0.5, 0.6) is 0 Å². The molecule has 140 valence electrons. The second-order valence-electron chi connectivity index (χ2n) is 6.12. The molecule has 2 aromatic heterocycles. The van der Waals surface area contributed by atoms with Crippen LogP contribution in [0.25, 0.3) is 21.8 Å². The van der Waals surface area contributed by atoms with Crippen molar-refractivity contribution in [3.05, 3.63) is 83.2 Å². The maximum absolute atomic E-state index is 13.8. The van der Waals surface area contributed by atoms with Crippen LogP contribution in [-0.4, -0.2) is 15.7 Å². The fraction of sp³-hybridized carbons (Fsp3) is 0.0476. The van der Waals surface area contributed by atoms with Gasteiger partial charge in [0.1, 0.15) is 17.3 Å². The Bertz CT molecular complexity index is 1130. The van der Waals surface area contributed by atoms with Gasteiger partial charge in [-0.05, 0) is 30.3 Å². The van der Waals surface area contributed by atoms with Crippen LogP contribution in [0.3, 0.4) is 0 Å². The van der Waals surface area contributed by atoms with Gasteiger partial charge < -0.3 is 5.32 Å². The molecule has 7 heteroatoms. The van der Waals surface area contributed by atoms with E-state index in [1.165, 1.54) is 17.4 Å². The molecule has 4 aromatic rings. The lowest BCUT2D eigenvalue weighted by Crippen LogP contribution is -2.12. The fourth-order valence-corrected chi connectivity index (χ4v) is 3.79. The van der Waals surface area contributed by atoms with E-state index in [-0.39, 0.29) is 0 Å². The smallest absolute Gasteiger partial charge is 0.265 e. The highest BCUT2D eigenvalue weighted by atomic mass is 32.1. The number of para-hydroxylation sites is 1. The van der Waals surface area contributed by atoms with Gasteiger partial charge in [0.2, 0.25) is 0 Å². The minimum atomic E-state index is -0.815. The van der Waals surface area contributed by atoms with Crippen molar-refractivity contribution in [3.8, 4) is 21.8 Å². The summed E-state index contributed by atoms with van der Waals surface area (Å²) in [6.07, 6.45) is 0. The molecule has 28 heavy (non-hydrogen) atoms. The zero-order chi connectivity index (χ0) is 19.7. The number of amides is 1. The molecule has 0 aliphatic rings. The Balaban J connectivity index is 1.60. The number of nitrogens with zero attached hydrogens (tertiary/aromatic N) is 2. The number of benzene rings is 2. The van der Waals surface area contributed by atoms with E-state index in [1.54, 1.807) is 16.8 Å². The van der Waals surface area contributed by atoms with Crippen LogP contribution in [0.15, 0.2) is 66.7 Å². The molecule has 0 unspecified atom stereocenters. The molecule has 2 aromatic carbocycles. The predicted octanol–water partition coefficient (Wildman–Crippen LogP) is 5.35. The minimum absolute atomic E-state index is 0.347. The molecule has 1 N–H and O–H groups in total. The van der Waals surface area contributed by atoms with E-state index in [2.05, 4.69) is 10.4 Å². The van der Waals surface area contributed by atoms with Gasteiger partial charge in [-0.1, -0.05) is 36.4 Å². The van der Waals surface area contributed by atoms with Crippen molar-refractivity contribution in [2.45, 2.75) is 0 Å². The van der Waals surface area contributed by atoms with Crippen LogP contribution in [0.2, 0.25) is 0 Å². The van der Waals surface area contributed by atoms with Crippen molar-refractivity contribution < 1.29 is 13.6 Å². The molecule has 0 aliphatic heterocycles. The van der Waals surface area contributed by atoms with E-state index in [0.717, 1.165) is 34.0 Å². The molecule has 0 aliphatic carbocycles. The zero-order valence-corrected chi connectivity index (χ0v) is 15.6. The molecule has 0 atom stereocenters. The lowest BCUT2D eigenvalue weighted by Gasteiger charge is -2.05. The first kappa shape index (κ1) is 18.1. The van der Waals surface area contributed by atoms with Crippen molar-refractivity contribution in [2.24, 2.45) is 7.05 Å². The topological polar surface area (TPSA) is 46.9 Å². The number of aryl methyl sites for hydroxylation is 1. The lowest BCUT2D eigenvalue weighted by molar-refractivity contribution is 0.102. The number of nitrogens with one attached hydrogen (secondary N) is 1. The Labute approximate surface area is 164 Å². The second-order valence-corrected chi connectivity index (χ2v) is 7.20. The Morgan fingerprint density at radius 2 is 1.71 bits per heavy atom. The van der Waals surface area contributed by atoms with E-state index in [0.29, 0.717) is 4.88 Å². The summed E-state index contributed by atoms with van der Waals surface area (Å²) in [5.41, 5.74) is 2.22.